The molecular weight excluding hydrogens is 275 g/mol. The number of hydrogen-bond acceptors (Lipinski definition) is 0. The number of hydrogen-bond donors (Lipinski definition) is 0. The van der Waals surface area contributed by atoms with E-state index in [9.17, 15) is 0 Å². The van der Waals surface area contributed by atoms with E-state index in [2.05, 4.69) is 52.1 Å². The zero-order chi connectivity index (χ0) is 17.0. The van der Waals surface area contributed by atoms with Gasteiger partial charge in [-0.05, 0) is 65.0 Å². The lowest BCUT2D eigenvalue weighted by atomic mass is 9.70. The van der Waals surface area contributed by atoms with Gasteiger partial charge in [0.1, 0.15) is 0 Å². The second-order valence-corrected chi connectivity index (χ2v) is 7.09. The van der Waals surface area contributed by atoms with Gasteiger partial charge in [0, 0.05) is 0 Å². The molecule has 0 unspecified atom stereocenters. The van der Waals surface area contributed by atoms with E-state index in [0.29, 0.717) is 11.7 Å². The molecule has 2 rings (SSSR count). The van der Waals surface area contributed by atoms with Crippen LogP contribution in [0.5, 0.6) is 0 Å². The van der Waals surface area contributed by atoms with Gasteiger partial charge in [-0.3, -0.25) is 0 Å². The average Bonchev–Trinajstić information content (AvgIpc) is 2.55. The standard InChI is InChI=1S/C22H27B/c1-6-17-14-22(4,5)13-12-21(17)19(7-2)16(3)20-11-9-8-10-18(20)15-23/h6-11H,2-3,12-15H2,1,4-5H3/b17-6-,21-19-. The molecule has 0 amide bonds. The maximum atomic E-state index is 5.90. The summed E-state index contributed by atoms with van der Waals surface area (Å²) in [6.45, 7) is 15.3. The van der Waals surface area contributed by atoms with Crippen molar-refractivity contribution in [3.8, 4) is 0 Å². The van der Waals surface area contributed by atoms with Crippen molar-refractivity contribution >= 4 is 13.4 Å². The van der Waals surface area contributed by atoms with Crippen LogP contribution in [0.25, 0.3) is 5.57 Å². The highest BCUT2D eigenvalue weighted by molar-refractivity contribution is 6.08. The Balaban J connectivity index is 2.50. The molecule has 1 fully saturated rings. The zero-order valence-corrected chi connectivity index (χ0v) is 14.8. The van der Waals surface area contributed by atoms with Crippen LogP contribution in [-0.4, -0.2) is 7.85 Å². The first-order valence-electron chi connectivity index (χ1n) is 8.42. The van der Waals surface area contributed by atoms with Crippen molar-refractivity contribution in [2.75, 3.05) is 0 Å². The molecule has 1 aromatic carbocycles. The van der Waals surface area contributed by atoms with E-state index in [4.69, 9.17) is 7.85 Å². The van der Waals surface area contributed by atoms with Crippen LogP contribution in [0.3, 0.4) is 0 Å². The third-order valence-electron chi connectivity index (χ3n) is 4.87. The molecule has 2 radical (unpaired) electrons. The molecule has 1 saturated carbocycles. The molecule has 0 spiro atoms. The Labute approximate surface area is 143 Å². The summed E-state index contributed by atoms with van der Waals surface area (Å²) in [5, 5.41) is 0. The molecule has 0 saturated heterocycles. The number of benzene rings is 1. The first-order valence-corrected chi connectivity index (χ1v) is 8.42. The topological polar surface area (TPSA) is 0 Å². The minimum Gasteiger partial charge on any atom is -0.0984 e. The summed E-state index contributed by atoms with van der Waals surface area (Å²) in [5.74, 6) is 0. The van der Waals surface area contributed by atoms with Gasteiger partial charge in [-0.2, -0.15) is 0 Å². The SMILES string of the molecule is [B]Cc1ccccc1C(=C)/C(C=C)=C1/CCC(C)(C)C/C1=C/C. The Kier molecular flexibility index (Phi) is 5.52. The molecule has 0 nitrogen and oxygen atoms in total. The molecule has 1 aliphatic rings. The molecular formula is C22H27B. The molecule has 0 aliphatic heterocycles. The fraction of sp³-hybridized carbons (Fsp3) is 0.364. The Morgan fingerprint density at radius 3 is 2.61 bits per heavy atom. The molecule has 0 bridgehead atoms. The Morgan fingerprint density at radius 2 is 2.00 bits per heavy atom. The highest BCUT2D eigenvalue weighted by atomic mass is 14.3. The Morgan fingerprint density at radius 1 is 1.30 bits per heavy atom. The van der Waals surface area contributed by atoms with Gasteiger partial charge in [-0.1, -0.05) is 69.7 Å². The minimum atomic E-state index is 0.369. The highest BCUT2D eigenvalue weighted by Crippen LogP contribution is 2.44. The summed E-state index contributed by atoms with van der Waals surface area (Å²) in [4.78, 5) is 0. The normalized spacial score (nSPS) is 21.1. The first-order chi connectivity index (χ1) is 10.9. The summed E-state index contributed by atoms with van der Waals surface area (Å²) >= 11 is 0. The van der Waals surface area contributed by atoms with Crippen molar-refractivity contribution in [2.24, 2.45) is 5.41 Å². The largest absolute Gasteiger partial charge is 0.0984 e. The lowest BCUT2D eigenvalue weighted by Crippen LogP contribution is -2.19. The fourth-order valence-corrected chi connectivity index (χ4v) is 3.48. The molecule has 118 valence electrons. The van der Waals surface area contributed by atoms with Crippen LogP contribution in [0.2, 0.25) is 0 Å². The predicted molar refractivity (Wildman–Crippen MR) is 104 cm³/mol. The van der Waals surface area contributed by atoms with Crippen LogP contribution in [0.15, 0.2) is 66.3 Å². The molecule has 0 aromatic heterocycles. The number of rotatable bonds is 4. The van der Waals surface area contributed by atoms with Crippen LogP contribution in [0.1, 0.15) is 51.2 Å². The lowest BCUT2D eigenvalue weighted by Gasteiger charge is -2.34. The molecule has 0 N–H and O–H groups in total. The Bertz CT molecular complexity index is 671. The van der Waals surface area contributed by atoms with Crippen molar-refractivity contribution < 1.29 is 0 Å². The van der Waals surface area contributed by atoms with Gasteiger partial charge in [-0.15, -0.1) is 0 Å². The van der Waals surface area contributed by atoms with Crippen molar-refractivity contribution in [1.82, 2.24) is 0 Å². The lowest BCUT2D eigenvalue weighted by molar-refractivity contribution is 0.313. The van der Waals surface area contributed by atoms with Crippen molar-refractivity contribution in [1.29, 1.82) is 0 Å². The first kappa shape index (κ1) is 17.6. The maximum absolute atomic E-state index is 5.90. The van der Waals surface area contributed by atoms with Crippen molar-refractivity contribution in [3.05, 3.63) is 77.4 Å². The van der Waals surface area contributed by atoms with Gasteiger partial charge in [0.15, 0.2) is 0 Å². The van der Waals surface area contributed by atoms with E-state index in [-0.39, 0.29) is 0 Å². The van der Waals surface area contributed by atoms with Crippen LogP contribution < -0.4 is 0 Å². The number of allylic oxidation sites excluding steroid dienone is 6. The van der Waals surface area contributed by atoms with Crippen LogP contribution >= 0.6 is 0 Å². The predicted octanol–water partition coefficient (Wildman–Crippen LogP) is 6.01. The summed E-state index contributed by atoms with van der Waals surface area (Å²) in [6, 6.07) is 8.26. The van der Waals surface area contributed by atoms with E-state index < -0.39 is 0 Å². The van der Waals surface area contributed by atoms with Gasteiger partial charge in [-0.25, -0.2) is 0 Å². The molecule has 0 atom stereocenters. The second-order valence-electron chi connectivity index (χ2n) is 7.09. The summed E-state index contributed by atoms with van der Waals surface area (Å²) in [7, 11) is 5.90. The average molecular weight is 302 g/mol. The fourth-order valence-electron chi connectivity index (χ4n) is 3.48. The third-order valence-corrected chi connectivity index (χ3v) is 4.87. The highest BCUT2D eigenvalue weighted by Gasteiger charge is 2.28. The van der Waals surface area contributed by atoms with Gasteiger partial charge in [0.2, 0.25) is 0 Å². The second kappa shape index (κ2) is 7.21. The van der Waals surface area contributed by atoms with E-state index in [1.807, 2.05) is 18.2 Å². The minimum absolute atomic E-state index is 0.369. The Hall–Kier alpha value is -1.76. The molecule has 1 aromatic rings. The van der Waals surface area contributed by atoms with Crippen LogP contribution in [-0.2, 0) is 6.32 Å². The smallest absolute Gasteiger partial charge is 0.0716 e. The van der Waals surface area contributed by atoms with E-state index in [0.717, 1.165) is 29.5 Å². The van der Waals surface area contributed by atoms with Gasteiger partial charge >= 0.3 is 0 Å². The van der Waals surface area contributed by atoms with Crippen molar-refractivity contribution in [2.45, 2.75) is 46.4 Å². The summed E-state index contributed by atoms with van der Waals surface area (Å²) in [6.07, 6.45) is 8.13. The molecule has 23 heavy (non-hydrogen) atoms. The summed E-state index contributed by atoms with van der Waals surface area (Å²) < 4.78 is 0. The van der Waals surface area contributed by atoms with Crippen LogP contribution in [0, 0.1) is 5.41 Å². The third kappa shape index (κ3) is 3.78. The van der Waals surface area contributed by atoms with Gasteiger partial charge in [0.25, 0.3) is 0 Å². The van der Waals surface area contributed by atoms with Crippen LogP contribution in [0.4, 0.5) is 0 Å². The van der Waals surface area contributed by atoms with Crippen molar-refractivity contribution in [3.63, 3.8) is 0 Å². The van der Waals surface area contributed by atoms with Gasteiger partial charge in [0.05, 0.1) is 7.85 Å². The van der Waals surface area contributed by atoms with E-state index in [1.165, 1.54) is 23.1 Å². The quantitative estimate of drug-likeness (QED) is 0.598. The molecule has 0 heterocycles. The molecule has 1 heteroatoms. The summed E-state index contributed by atoms with van der Waals surface area (Å²) in [5.41, 5.74) is 7.69. The van der Waals surface area contributed by atoms with E-state index in [1.54, 1.807) is 0 Å². The maximum Gasteiger partial charge on any atom is 0.0716 e. The monoisotopic (exact) mass is 302 g/mol. The zero-order valence-electron chi connectivity index (χ0n) is 14.8. The van der Waals surface area contributed by atoms with E-state index >= 15 is 0 Å². The molecule has 1 aliphatic carbocycles. The van der Waals surface area contributed by atoms with Gasteiger partial charge < -0.3 is 0 Å².